The van der Waals surface area contributed by atoms with E-state index < -0.39 is 5.92 Å². The lowest BCUT2D eigenvalue weighted by Gasteiger charge is -2.19. The van der Waals surface area contributed by atoms with E-state index in [-0.39, 0.29) is 5.91 Å². The first-order valence-electron chi connectivity index (χ1n) is 13.9. The zero-order chi connectivity index (χ0) is 26.3. The van der Waals surface area contributed by atoms with E-state index in [0.717, 1.165) is 29.0 Å². The third-order valence-electron chi connectivity index (χ3n) is 7.18. The Bertz CT molecular complexity index is 1260. The molecular formula is C32H37N3O3. The van der Waals surface area contributed by atoms with Crippen LogP contribution < -0.4 is 14.8 Å². The van der Waals surface area contributed by atoms with Gasteiger partial charge in [-0.2, -0.15) is 0 Å². The second-order valence-corrected chi connectivity index (χ2v) is 9.89. The van der Waals surface area contributed by atoms with E-state index in [1.807, 2.05) is 56.3 Å². The summed E-state index contributed by atoms with van der Waals surface area (Å²) in [5, 5.41) is 3.05. The van der Waals surface area contributed by atoms with Gasteiger partial charge in [0.05, 0.1) is 24.6 Å². The lowest BCUT2D eigenvalue weighted by Crippen LogP contribution is -2.23. The van der Waals surface area contributed by atoms with Crippen molar-refractivity contribution in [2.75, 3.05) is 31.6 Å². The summed E-state index contributed by atoms with van der Waals surface area (Å²) in [6, 6.07) is 22.2. The molecule has 38 heavy (non-hydrogen) atoms. The number of nitrogens with zero attached hydrogens (tertiary/aromatic N) is 2. The molecule has 0 radical (unpaired) electrons. The topological polar surface area (TPSA) is 63.2 Å². The number of benzene rings is 3. The Kier molecular flexibility index (Phi) is 8.39. The van der Waals surface area contributed by atoms with Gasteiger partial charge in [0, 0.05) is 18.3 Å². The second-order valence-electron chi connectivity index (χ2n) is 9.89. The summed E-state index contributed by atoms with van der Waals surface area (Å²) >= 11 is 0. The number of amides is 1. The molecule has 198 valence electrons. The van der Waals surface area contributed by atoms with E-state index in [1.165, 1.54) is 44.3 Å². The molecule has 1 fully saturated rings. The largest absolute Gasteiger partial charge is 0.490 e. The number of anilines is 1. The quantitative estimate of drug-likeness (QED) is 0.324. The van der Waals surface area contributed by atoms with E-state index in [1.54, 1.807) is 0 Å². The Morgan fingerprint density at radius 1 is 0.895 bits per heavy atom. The average molecular weight is 512 g/mol. The maximum Gasteiger partial charge on any atom is 0.238 e. The summed E-state index contributed by atoms with van der Waals surface area (Å²) in [5.74, 6) is 0.614. The maximum absolute atomic E-state index is 13.4. The zero-order valence-electron chi connectivity index (χ0n) is 22.4. The molecule has 1 amide bonds. The van der Waals surface area contributed by atoms with E-state index in [9.17, 15) is 4.79 Å². The third kappa shape index (κ3) is 5.91. The first kappa shape index (κ1) is 26.0. The normalized spacial score (nSPS) is 18.0. The molecule has 3 aromatic carbocycles. The van der Waals surface area contributed by atoms with Crippen LogP contribution in [0, 0.1) is 0 Å². The van der Waals surface area contributed by atoms with Gasteiger partial charge in [-0.25, -0.2) is 0 Å². The highest BCUT2D eigenvalue weighted by molar-refractivity contribution is 6.24. The van der Waals surface area contributed by atoms with Gasteiger partial charge in [0.25, 0.3) is 0 Å². The summed E-state index contributed by atoms with van der Waals surface area (Å²) in [6.45, 7) is 8.21. The van der Waals surface area contributed by atoms with Crippen molar-refractivity contribution >= 4 is 23.0 Å². The molecule has 2 heterocycles. The van der Waals surface area contributed by atoms with Gasteiger partial charge in [0.1, 0.15) is 5.92 Å². The van der Waals surface area contributed by atoms with Gasteiger partial charge in [0.15, 0.2) is 11.5 Å². The molecule has 6 heteroatoms. The van der Waals surface area contributed by atoms with E-state index in [0.29, 0.717) is 30.4 Å². The molecule has 1 N–H and O–H groups in total. The third-order valence-corrected chi connectivity index (χ3v) is 7.18. The Hall–Kier alpha value is -3.64. The molecule has 5 rings (SSSR count). The van der Waals surface area contributed by atoms with Crippen molar-refractivity contribution in [3.63, 3.8) is 0 Å². The zero-order valence-corrected chi connectivity index (χ0v) is 22.4. The van der Waals surface area contributed by atoms with Crippen molar-refractivity contribution in [1.82, 2.24) is 4.90 Å². The van der Waals surface area contributed by atoms with Crippen LogP contribution in [-0.4, -0.2) is 42.8 Å². The number of aliphatic imine (C=N–C) groups is 1. The second kappa shape index (κ2) is 12.3. The highest BCUT2D eigenvalue weighted by Gasteiger charge is 2.37. The first-order valence-corrected chi connectivity index (χ1v) is 13.9. The number of nitrogens with one attached hydrogen (secondary N) is 1. The van der Waals surface area contributed by atoms with Crippen molar-refractivity contribution in [2.24, 2.45) is 4.99 Å². The molecule has 0 saturated carbocycles. The molecule has 0 bridgehead atoms. The average Bonchev–Trinajstić information content (AvgIpc) is 3.07. The molecule has 6 nitrogen and oxygen atoms in total. The van der Waals surface area contributed by atoms with Crippen LogP contribution in [0.15, 0.2) is 71.7 Å². The number of hydrogen-bond donors (Lipinski definition) is 1. The molecule has 0 aliphatic carbocycles. The van der Waals surface area contributed by atoms with Crippen LogP contribution in [0.25, 0.3) is 0 Å². The minimum Gasteiger partial charge on any atom is -0.490 e. The minimum absolute atomic E-state index is 0.100. The van der Waals surface area contributed by atoms with Gasteiger partial charge in [-0.1, -0.05) is 55.3 Å². The Morgan fingerprint density at radius 3 is 2.21 bits per heavy atom. The van der Waals surface area contributed by atoms with Crippen molar-refractivity contribution in [2.45, 2.75) is 52.0 Å². The van der Waals surface area contributed by atoms with Crippen molar-refractivity contribution in [3.05, 3.63) is 83.4 Å². The Morgan fingerprint density at radius 2 is 1.55 bits per heavy atom. The van der Waals surface area contributed by atoms with Crippen LogP contribution in [0.5, 0.6) is 11.5 Å². The van der Waals surface area contributed by atoms with E-state index >= 15 is 0 Å². The number of carbonyl (C=O) groups excluding carboxylic acids is 1. The number of hydrogen-bond acceptors (Lipinski definition) is 5. The Labute approximate surface area is 225 Å². The smallest absolute Gasteiger partial charge is 0.238 e. The van der Waals surface area contributed by atoms with Gasteiger partial charge < -0.3 is 14.8 Å². The fraction of sp³-hybridized carbons (Fsp3) is 0.375. The fourth-order valence-corrected chi connectivity index (χ4v) is 5.35. The van der Waals surface area contributed by atoms with Crippen molar-refractivity contribution in [1.29, 1.82) is 0 Å². The van der Waals surface area contributed by atoms with Gasteiger partial charge in [0.2, 0.25) is 5.91 Å². The predicted octanol–water partition coefficient (Wildman–Crippen LogP) is 6.72. The molecule has 3 aromatic rings. The highest BCUT2D eigenvalue weighted by atomic mass is 16.5. The van der Waals surface area contributed by atoms with Crippen molar-refractivity contribution in [3.8, 4) is 11.5 Å². The van der Waals surface area contributed by atoms with Gasteiger partial charge in [-0.3, -0.25) is 14.7 Å². The standard InChI is InChI=1S/C32H37N3O3/c1-3-37-28-20-26-27(21-29(28)38-4-2)34-32(36)30(26)31(24-12-8-7-9-13-24)33-25-16-14-23(15-17-25)22-35-18-10-5-6-11-19-35/h7-9,12-17,20-21,30H,3-6,10-11,18-19,22H2,1-2H3,(H,34,36). The monoisotopic (exact) mass is 511 g/mol. The highest BCUT2D eigenvalue weighted by Crippen LogP contribution is 2.43. The lowest BCUT2D eigenvalue weighted by molar-refractivity contribution is -0.115. The van der Waals surface area contributed by atoms with Crippen LogP contribution in [0.1, 0.15) is 62.1 Å². The molecule has 1 atom stereocenters. The fourth-order valence-electron chi connectivity index (χ4n) is 5.35. The molecule has 2 aliphatic heterocycles. The number of rotatable bonds is 9. The van der Waals surface area contributed by atoms with Gasteiger partial charge in [-0.15, -0.1) is 0 Å². The summed E-state index contributed by atoms with van der Waals surface area (Å²) < 4.78 is 11.7. The maximum atomic E-state index is 13.4. The van der Waals surface area contributed by atoms with Crippen LogP contribution in [0.4, 0.5) is 11.4 Å². The summed E-state index contributed by atoms with van der Waals surface area (Å²) in [6.07, 6.45) is 5.24. The van der Waals surface area contributed by atoms with Crippen LogP contribution in [-0.2, 0) is 11.3 Å². The van der Waals surface area contributed by atoms with Crippen LogP contribution >= 0.6 is 0 Å². The molecule has 1 saturated heterocycles. The van der Waals surface area contributed by atoms with Gasteiger partial charge >= 0.3 is 0 Å². The molecule has 1 unspecified atom stereocenters. The first-order chi connectivity index (χ1) is 18.7. The summed E-state index contributed by atoms with van der Waals surface area (Å²) in [7, 11) is 0. The molecule has 0 spiro atoms. The number of carbonyl (C=O) groups is 1. The summed E-state index contributed by atoms with van der Waals surface area (Å²) in [5.41, 5.74) is 5.35. The number of ether oxygens (including phenoxy) is 2. The van der Waals surface area contributed by atoms with Gasteiger partial charge in [-0.05, 0) is 74.7 Å². The lowest BCUT2D eigenvalue weighted by atomic mass is 9.90. The predicted molar refractivity (Wildman–Crippen MR) is 153 cm³/mol. The van der Waals surface area contributed by atoms with E-state index in [4.69, 9.17) is 14.5 Å². The van der Waals surface area contributed by atoms with Crippen LogP contribution in [0.2, 0.25) is 0 Å². The minimum atomic E-state index is -0.556. The van der Waals surface area contributed by atoms with Crippen LogP contribution in [0.3, 0.4) is 0 Å². The van der Waals surface area contributed by atoms with Crippen molar-refractivity contribution < 1.29 is 14.3 Å². The number of fused-ring (bicyclic) bond motifs is 1. The molecule has 2 aliphatic rings. The Balaban J connectivity index is 1.49. The SMILES string of the molecule is CCOc1cc2c(cc1OCC)C(C(=Nc1ccc(CN3CCCCCC3)cc1)c1ccccc1)C(=O)N2. The van der Waals surface area contributed by atoms with E-state index in [2.05, 4.69) is 34.5 Å². The number of likely N-dealkylation sites (tertiary alicyclic amines) is 1. The molecule has 0 aromatic heterocycles. The molecular weight excluding hydrogens is 474 g/mol. The summed E-state index contributed by atoms with van der Waals surface area (Å²) in [4.78, 5) is 21.0.